The molecule has 0 spiro atoms. The highest BCUT2D eigenvalue weighted by molar-refractivity contribution is 5.75. The van der Waals surface area contributed by atoms with Gasteiger partial charge < -0.3 is 5.32 Å². The Bertz CT molecular complexity index is 300. The predicted octanol–water partition coefficient (Wildman–Crippen LogP) is 4.58. The SMILES string of the molecule is O=C1CCCCCCCC#CCCCCCCCCN1. The number of nitrogens with one attached hydrogen (secondary N) is 1. The molecule has 20 heavy (non-hydrogen) atoms. The van der Waals surface area contributed by atoms with Crippen molar-refractivity contribution in [2.45, 2.75) is 89.9 Å². The van der Waals surface area contributed by atoms with E-state index in [0.717, 1.165) is 32.2 Å². The Balaban J connectivity index is 2.17. The number of amides is 1. The standard InChI is InChI=1S/C18H31NO/c20-18-16-14-12-10-8-6-4-2-1-3-5-7-9-11-13-15-17-19-18/h3-17H2,(H,19,20). The van der Waals surface area contributed by atoms with Gasteiger partial charge in [0.1, 0.15) is 0 Å². The Morgan fingerprint density at radius 2 is 1.15 bits per heavy atom. The van der Waals surface area contributed by atoms with Crippen molar-refractivity contribution >= 4 is 5.91 Å². The molecule has 1 rings (SSSR count). The van der Waals surface area contributed by atoms with E-state index < -0.39 is 0 Å². The number of carbonyl (C=O) groups excluding carboxylic acids is 1. The average Bonchev–Trinajstić information content (AvgIpc) is 2.45. The fourth-order valence-corrected chi connectivity index (χ4v) is 2.57. The van der Waals surface area contributed by atoms with Gasteiger partial charge in [-0.1, -0.05) is 44.9 Å². The zero-order valence-corrected chi connectivity index (χ0v) is 13.0. The van der Waals surface area contributed by atoms with Crippen LogP contribution >= 0.6 is 0 Å². The zero-order valence-electron chi connectivity index (χ0n) is 13.0. The molecular formula is C18H31NO. The van der Waals surface area contributed by atoms with Crippen LogP contribution in [-0.2, 0) is 4.79 Å². The molecule has 0 aromatic heterocycles. The average molecular weight is 277 g/mol. The largest absolute Gasteiger partial charge is 0.356 e. The van der Waals surface area contributed by atoms with Crippen LogP contribution < -0.4 is 5.32 Å². The maximum atomic E-state index is 11.6. The summed E-state index contributed by atoms with van der Waals surface area (Å²) < 4.78 is 0. The van der Waals surface area contributed by atoms with Gasteiger partial charge in [0.2, 0.25) is 5.91 Å². The van der Waals surface area contributed by atoms with E-state index in [1.807, 2.05) is 0 Å². The Kier molecular flexibility index (Phi) is 11.1. The molecular weight excluding hydrogens is 246 g/mol. The molecule has 2 nitrogen and oxygen atoms in total. The molecule has 0 atom stereocenters. The van der Waals surface area contributed by atoms with E-state index >= 15 is 0 Å². The van der Waals surface area contributed by atoms with Crippen molar-refractivity contribution in [3.63, 3.8) is 0 Å². The predicted molar refractivity (Wildman–Crippen MR) is 85.4 cm³/mol. The van der Waals surface area contributed by atoms with E-state index in [1.165, 1.54) is 57.8 Å². The van der Waals surface area contributed by atoms with Crippen molar-refractivity contribution in [1.82, 2.24) is 5.32 Å². The van der Waals surface area contributed by atoms with Gasteiger partial charge in [0, 0.05) is 25.8 Å². The summed E-state index contributed by atoms with van der Waals surface area (Å²) in [7, 11) is 0. The summed E-state index contributed by atoms with van der Waals surface area (Å²) in [4.78, 5) is 11.6. The number of hydrogen-bond acceptors (Lipinski definition) is 1. The van der Waals surface area contributed by atoms with Crippen molar-refractivity contribution in [1.29, 1.82) is 0 Å². The smallest absolute Gasteiger partial charge is 0.219 e. The highest BCUT2D eigenvalue weighted by Crippen LogP contribution is 2.09. The van der Waals surface area contributed by atoms with Crippen molar-refractivity contribution in [2.75, 3.05) is 6.54 Å². The summed E-state index contributed by atoms with van der Waals surface area (Å²) in [6.45, 7) is 0.865. The molecule has 0 saturated carbocycles. The summed E-state index contributed by atoms with van der Waals surface area (Å²) in [6.07, 6.45) is 16.3. The third kappa shape index (κ3) is 10.9. The van der Waals surface area contributed by atoms with Gasteiger partial charge in [0.15, 0.2) is 0 Å². The van der Waals surface area contributed by atoms with Crippen molar-refractivity contribution < 1.29 is 4.79 Å². The van der Waals surface area contributed by atoms with Gasteiger partial charge in [-0.25, -0.2) is 0 Å². The molecule has 1 aliphatic rings. The topological polar surface area (TPSA) is 29.1 Å². The third-order valence-corrected chi connectivity index (χ3v) is 3.88. The lowest BCUT2D eigenvalue weighted by atomic mass is 10.1. The molecule has 0 saturated heterocycles. The summed E-state index contributed by atoms with van der Waals surface area (Å²) in [5.41, 5.74) is 0. The van der Waals surface area contributed by atoms with E-state index in [2.05, 4.69) is 17.2 Å². The van der Waals surface area contributed by atoms with E-state index in [9.17, 15) is 4.79 Å². The van der Waals surface area contributed by atoms with Crippen LogP contribution in [0.4, 0.5) is 0 Å². The highest BCUT2D eigenvalue weighted by Gasteiger charge is 2.00. The molecule has 0 aliphatic carbocycles. The van der Waals surface area contributed by atoms with Crippen LogP contribution in [0.1, 0.15) is 89.9 Å². The minimum atomic E-state index is 0.244. The summed E-state index contributed by atoms with van der Waals surface area (Å²) in [5.74, 6) is 6.84. The van der Waals surface area contributed by atoms with E-state index in [0.29, 0.717) is 6.42 Å². The first-order chi connectivity index (χ1) is 9.89. The first-order valence-corrected chi connectivity index (χ1v) is 8.62. The first kappa shape index (κ1) is 17.1. The van der Waals surface area contributed by atoms with Crippen LogP contribution in [0, 0.1) is 11.8 Å². The van der Waals surface area contributed by atoms with Gasteiger partial charge >= 0.3 is 0 Å². The van der Waals surface area contributed by atoms with Crippen LogP contribution in [0.5, 0.6) is 0 Å². The van der Waals surface area contributed by atoms with E-state index in [-0.39, 0.29) is 5.91 Å². The minimum Gasteiger partial charge on any atom is -0.356 e. The highest BCUT2D eigenvalue weighted by atomic mass is 16.1. The van der Waals surface area contributed by atoms with Crippen LogP contribution in [0.3, 0.4) is 0 Å². The van der Waals surface area contributed by atoms with Crippen LogP contribution in [0.25, 0.3) is 0 Å². The second-order valence-electron chi connectivity index (χ2n) is 5.84. The zero-order chi connectivity index (χ0) is 14.3. The molecule has 0 fully saturated rings. The minimum absolute atomic E-state index is 0.244. The van der Waals surface area contributed by atoms with Gasteiger partial charge in [0.25, 0.3) is 0 Å². The first-order valence-electron chi connectivity index (χ1n) is 8.62. The number of carbonyl (C=O) groups is 1. The molecule has 1 heterocycles. The Morgan fingerprint density at radius 3 is 1.80 bits per heavy atom. The van der Waals surface area contributed by atoms with E-state index in [4.69, 9.17) is 0 Å². The Morgan fingerprint density at radius 1 is 0.650 bits per heavy atom. The third-order valence-electron chi connectivity index (χ3n) is 3.88. The molecule has 0 radical (unpaired) electrons. The maximum Gasteiger partial charge on any atom is 0.219 e. The quantitative estimate of drug-likeness (QED) is 0.645. The van der Waals surface area contributed by atoms with Crippen LogP contribution in [0.2, 0.25) is 0 Å². The second kappa shape index (κ2) is 13.0. The molecule has 114 valence electrons. The molecule has 0 aromatic carbocycles. The molecule has 1 N–H and O–H groups in total. The summed E-state index contributed by atoms with van der Waals surface area (Å²) >= 11 is 0. The molecule has 2 heteroatoms. The molecule has 1 aliphatic heterocycles. The monoisotopic (exact) mass is 277 g/mol. The van der Waals surface area contributed by atoms with Crippen LogP contribution in [-0.4, -0.2) is 12.5 Å². The summed E-state index contributed by atoms with van der Waals surface area (Å²) in [5, 5.41) is 3.04. The lowest BCUT2D eigenvalue weighted by Gasteiger charge is -2.05. The van der Waals surface area contributed by atoms with Gasteiger partial charge in [-0.15, -0.1) is 11.8 Å². The van der Waals surface area contributed by atoms with Crippen molar-refractivity contribution in [3.05, 3.63) is 0 Å². The lowest BCUT2D eigenvalue weighted by molar-refractivity contribution is -0.121. The second-order valence-corrected chi connectivity index (χ2v) is 5.84. The molecule has 0 bridgehead atoms. The van der Waals surface area contributed by atoms with E-state index in [1.54, 1.807) is 0 Å². The van der Waals surface area contributed by atoms with Crippen LogP contribution in [0.15, 0.2) is 0 Å². The summed E-state index contributed by atoms with van der Waals surface area (Å²) in [6, 6.07) is 0. The fraction of sp³-hybridized carbons (Fsp3) is 0.833. The van der Waals surface area contributed by atoms with Gasteiger partial charge in [-0.05, 0) is 25.7 Å². The maximum absolute atomic E-state index is 11.6. The number of hydrogen-bond donors (Lipinski definition) is 1. The lowest BCUT2D eigenvalue weighted by Crippen LogP contribution is -2.23. The van der Waals surface area contributed by atoms with Crippen molar-refractivity contribution in [3.8, 4) is 11.8 Å². The van der Waals surface area contributed by atoms with Crippen molar-refractivity contribution in [2.24, 2.45) is 0 Å². The molecule has 0 unspecified atom stereocenters. The van der Waals surface area contributed by atoms with Gasteiger partial charge in [-0.3, -0.25) is 4.79 Å². The Labute approximate surface area is 125 Å². The Hall–Kier alpha value is -0.970. The number of rotatable bonds is 0. The van der Waals surface area contributed by atoms with Gasteiger partial charge in [-0.2, -0.15) is 0 Å². The van der Waals surface area contributed by atoms with Gasteiger partial charge in [0.05, 0.1) is 0 Å². The molecule has 0 aromatic rings. The normalized spacial score (nSPS) is 21.5. The molecule has 1 amide bonds. The fourth-order valence-electron chi connectivity index (χ4n) is 2.57.